The molecule has 2 heterocycles. The number of aryl methyl sites for hydroxylation is 1. The lowest BCUT2D eigenvalue weighted by atomic mass is 10.1. The topological polar surface area (TPSA) is 77.0 Å². The number of esters is 1. The minimum Gasteiger partial charge on any atom is -0.462 e. The molecule has 0 amide bonds. The molecule has 31 heavy (non-hydrogen) atoms. The van der Waals surface area contributed by atoms with Crippen LogP contribution in [0.3, 0.4) is 0 Å². The molecule has 0 unspecified atom stereocenters. The lowest BCUT2D eigenvalue weighted by Gasteiger charge is -2.17. The van der Waals surface area contributed by atoms with Gasteiger partial charge in [0.05, 0.1) is 17.9 Å². The first-order valence-corrected chi connectivity index (χ1v) is 10.7. The third kappa shape index (κ3) is 4.66. The minimum absolute atomic E-state index is 0.239. The number of anilines is 2. The quantitative estimate of drug-likeness (QED) is 0.415. The van der Waals surface area contributed by atoms with Crippen molar-refractivity contribution in [1.29, 1.82) is 0 Å². The summed E-state index contributed by atoms with van der Waals surface area (Å²) in [6.07, 6.45) is 7.72. The van der Waals surface area contributed by atoms with Gasteiger partial charge in [0.25, 0.3) is 0 Å². The number of rotatable bonds is 5. The highest BCUT2D eigenvalue weighted by Gasteiger charge is 2.21. The maximum Gasteiger partial charge on any atom is 0.341 e. The average Bonchev–Trinajstić information content (AvgIpc) is 3.01. The van der Waals surface area contributed by atoms with Gasteiger partial charge in [-0.3, -0.25) is 4.98 Å². The number of fused-ring (bicyclic) bond motifs is 1. The Hall–Kier alpha value is -3.06. The van der Waals surface area contributed by atoms with Gasteiger partial charge in [-0.25, -0.2) is 19.2 Å². The van der Waals surface area contributed by atoms with E-state index in [1.165, 1.54) is 24.4 Å². The van der Waals surface area contributed by atoms with E-state index in [0.29, 0.717) is 22.1 Å². The Bertz CT molecular complexity index is 1120. The van der Waals surface area contributed by atoms with Crippen LogP contribution in [0, 0.1) is 5.82 Å². The average molecular weight is 441 g/mol. The fourth-order valence-electron chi connectivity index (χ4n) is 3.67. The highest BCUT2D eigenvalue weighted by molar-refractivity contribution is 6.30. The molecule has 0 aliphatic heterocycles. The SMILES string of the molecule is CCOC(=O)c1cnccc1Nc1nc(-c2cc(Cl)ccc2F)nc2c1CCCCC2. The van der Waals surface area contributed by atoms with Crippen LogP contribution < -0.4 is 5.32 Å². The molecule has 1 aliphatic rings. The van der Waals surface area contributed by atoms with Crippen molar-refractivity contribution >= 4 is 29.1 Å². The number of hydrogen-bond acceptors (Lipinski definition) is 6. The molecule has 6 nitrogen and oxygen atoms in total. The second-order valence-corrected chi connectivity index (χ2v) is 7.71. The first-order chi connectivity index (χ1) is 15.1. The molecular formula is C23H22ClFN4O2. The van der Waals surface area contributed by atoms with Gasteiger partial charge in [0.1, 0.15) is 17.2 Å². The van der Waals surface area contributed by atoms with Crippen molar-refractivity contribution in [2.75, 3.05) is 11.9 Å². The first-order valence-electron chi connectivity index (χ1n) is 10.3. The number of halogens is 2. The number of pyridine rings is 1. The van der Waals surface area contributed by atoms with Crippen molar-refractivity contribution in [1.82, 2.24) is 15.0 Å². The number of ether oxygens (including phenoxy) is 1. The number of benzene rings is 1. The molecule has 2 aromatic heterocycles. The number of carbonyl (C=O) groups is 1. The summed E-state index contributed by atoms with van der Waals surface area (Å²) in [7, 11) is 0. The standard InChI is InChI=1S/C23H22ClFN4O2/c1-2-31-23(30)17-13-26-11-10-20(17)28-21-15-6-4-3-5-7-19(15)27-22(29-21)16-12-14(24)8-9-18(16)25/h8-13H,2-7H2,1H3,(H,26,27,28,29). The Morgan fingerprint density at radius 3 is 2.87 bits per heavy atom. The molecule has 0 fully saturated rings. The largest absolute Gasteiger partial charge is 0.462 e. The van der Waals surface area contributed by atoms with Gasteiger partial charge in [-0.2, -0.15) is 0 Å². The Balaban J connectivity index is 1.82. The molecule has 8 heteroatoms. The molecule has 0 atom stereocenters. The molecule has 0 spiro atoms. The predicted molar refractivity (Wildman–Crippen MR) is 117 cm³/mol. The summed E-state index contributed by atoms with van der Waals surface area (Å²) in [6.45, 7) is 2.01. The van der Waals surface area contributed by atoms with Gasteiger partial charge in [0, 0.05) is 28.7 Å². The number of nitrogens with zero attached hydrogens (tertiary/aromatic N) is 3. The van der Waals surface area contributed by atoms with E-state index in [-0.39, 0.29) is 18.0 Å². The molecule has 4 rings (SSSR count). The van der Waals surface area contributed by atoms with Crippen molar-refractivity contribution in [3.8, 4) is 11.4 Å². The van der Waals surface area contributed by atoms with Crippen LogP contribution in [0.25, 0.3) is 11.4 Å². The second kappa shape index (κ2) is 9.39. The fourth-order valence-corrected chi connectivity index (χ4v) is 3.84. The van der Waals surface area contributed by atoms with E-state index < -0.39 is 11.8 Å². The monoisotopic (exact) mass is 440 g/mol. The molecule has 0 bridgehead atoms. The van der Waals surface area contributed by atoms with E-state index >= 15 is 0 Å². The van der Waals surface area contributed by atoms with Gasteiger partial charge in [0.2, 0.25) is 0 Å². The fraction of sp³-hybridized carbons (Fsp3) is 0.304. The summed E-state index contributed by atoms with van der Waals surface area (Å²) in [5.74, 6) is -0.104. The smallest absolute Gasteiger partial charge is 0.341 e. The molecular weight excluding hydrogens is 419 g/mol. The number of nitrogens with one attached hydrogen (secondary N) is 1. The van der Waals surface area contributed by atoms with E-state index in [1.807, 2.05) is 0 Å². The van der Waals surface area contributed by atoms with Gasteiger partial charge in [-0.05, 0) is 56.9 Å². The van der Waals surface area contributed by atoms with Crippen LogP contribution in [0.5, 0.6) is 0 Å². The Morgan fingerprint density at radius 1 is 1.19 bits per heavy atom. The summed E-state index contributed by atoms with van der Waals surface area (Å²) in [6, 6.07) is 6.01. The van der Waals surface area contributed by atoms with Crippen LogP contribution in [0.15, 0.2) is 36.7 Å². The Labute approximate surface area is 184 Å². The van der Waals surface area contributed by atoms with Crippen molar-refractivity contribution in [3.63, 3.8) is 0 Å². The highest BCUT2D eigenvalue weighted by Crippen LogP contribution is 2.32. The zero-order valence-corrected chi connectivity index (χ0v) is 17.9. The van der Waals surface area contributed by atoms with Gasteiger partial charge < -0.3 is 10.1 Å². The molecule has 1 aliphatic carbocycles. The van der Waals surface area contributed by atoms with Crippen LogP contribution >= 0.6 is 11.6 Å². The summed E-state index contributed by atoms with van der Waals surface area (Å²) >= 11 is 6.09. The molecule has 0 saturated carbocycles. The zero-order chi connectivity index (χ0) is 21.8. The number of hydrogen-bond donors (Lipinski definition) is 1. The molecule has 1 N–H and O–H groups in total. The van der Waals surface area contributed by atoms with E-state index in [9.17, 15) is 9.18 Å². The Kier molecular flexibility index (Phi) is 6.42. The maximum atomic E-state index is 14.6. The van der Waals surface area contributed by atoms with E-state index in [2.05, 4.69) is 20.3 Å². The normalized spacial score (nSPS) is 13.3. The van der Waals surface area contributed by atoms with Crippen molar-refractivity contribution in [2.45, 2.75) is 39.0 Å². The second-order valence-electron chi connectivity index (χ2n) is 7.27. The van der Waals surface area contributed by atoms with Gasteiger partial charge in [-0.15, -0.1) is 0 Å². The summed E-state index contributed by atoms with van der Waals surface area (Å²) in [4.78, 5) is 25.7. The van der Waals surface area contributed by atoms with Crippen LogP contribution in [0.1, 0.15) is 47.8 Å². The van der Waals surface area contributed by atoms with Crippen LogP contribution in [-0.4, -0.2) is 27.5 Å². The van der Waals surface area contributed by atoms with E-state index in [0.717, 1.165) is 43.4 Å². The molecule has 0 saturated heterocycles. The lowest BCUT2D eigenvalue weighted by molar-refractivity contribution is 0.0527. The maximum absolute atomic E-state index is 14.6. The van der Waals surface area contributed by atoms with Crippen LogP contribution in [-0.2, 0) is 17.6 Å². The summed E-state index contributed by atoms with van der Waals surface area (Å²) in [5.41, 5.74) is 2.94. The zero-order valence-electron chi connectivity index (χ0n) is 17.1. The third-order valence-electron chi connectivity index (χ3n) is 5.17. The van der Waals surface area contributed by atoms with Crippen molar-refractivity contribution < 1.29 is 13.9 Å². The molecule has 0 radical (unpaired) electrons. The van der Waals surface area contributed by atoms with Crippen LogP contribution in [0.4, 0.5) is 15.9 Å². The van der Waals surface area contributed by atoms with E-state index in [4.69, 9.17) is 16.3 Å². The molecule has 3 aromatic rings. The van der Waals surface area contributed by atoms with Crippen molar-refractivity contribution in [2.24, 2.45) is 0 Å². The lowest BCUT2D eigenvalue weighted by Crippen LogP contribution is -2.11. The van der Waals surface area contributed by atoms with Crippen molar-refractivity contribution in [3.05, 3.63) is 64.3 Å². The molecule has 160 valence electrons. The molecule has 1 aromatic carbocycles. The van der Waals surface area contributed by atoms with Gasteiger partial charge in [0.15, 0.2) is 5.82 Å². The first kappa shape index (κ1) is 21.2. The summed E-state index contributed by atoms with van der Waals surface area (Å²) in [5, 5.41) is 3.67. The van der Waals surface area contributed by atoms with Gasteiger partial charge >= 0.3 is 5.97 Å². The minimum atomic E-state index is -0.473. The predicted octanol–water partition coefficient (Wildman–Crippen LogP) is 5.52. The highest BCUT2D eigenvalue weighted by atomic mass is 35.5. The van der Waals surface area contributed by atoms with Crippen LogP contribution in [0.2, 0.25) is 5.02 Å². The van der Waals surface area contributed by atoms with Gasteiger partial charge in [-0.1, -0.05) is 18.0 Å². The number of aromatic nitrogens is 3. The number of carbonyl (C=O) groups excluding carboxylic acids is 1. The summed E-state index contributed by atoms with van der Waals surface area (Å²) < 4.78 is 19.7. The third-order valence-corrected chi connectivity index (χ3v) is 5.41. The van der Waals surface area contributed by atoms with E-state index in [1.54, 1.807) is 19.2 Å². The Morgan fingerprint density at radius 2 is 2.03 bits per heavy atom.